The van der Waals surface area contributed by atoms with Gasteiger partial charge in [0.1, 0.15) is 12.4 Å². The Morgan fingerprint density at radius 3 is 2.68 bits per heavy atom. The lowest BCUT2D eigenvalue weighted by molar-refractivity contribution is -0.141. The van der Waals surface area contributed by atoms with Crippen molar-refractivity contribution in [1.82, 2.24) is 10.2 Å². The normalized spacial score (nSPS) is 17.1. The molecule has 2 amide bonds. The Labute approximate surface area is 164 Å². The number of hydrogen-bond acceptors (Lipinski definition) is 4. The highest BCUT2D eigenvalue weighted by Gasteiger charge is 2.37. The number of amides is 2. The Hall–Kier alpha value is -2.70. The third-order valence-electron chi connectivity index (χ3n) is 4.58. The van der Waals surface area contributed by atoms with Gasteiger partial charge in [0.05, 0.1) is 12.2 Å². The van der Waals surface area contributed by atoms with Crippen molar-refractivity contribution in [3.05, 3.63) is 46.9 Å². The van der Waals surface area contributed by atoms with E-state index < -0.39 is 17.7 Å². The standard InChI is InChI=1S/C21H27FN2O4/c1-5-28-21(27)20-14(4)24(12-18(25)23-11-13(2)3)19(26)10-17(20)15-7-6-8-16(22)9-15/h6-9,13,17H,5,10-12H2,1-4H3,(H,23,25). The highest BCUT2D eigenvalue weighted by Crippen LogP contribution is 2.37. The molecule has 0 aromatic heterocycles. The number of nitrogens with zero attached hydrogens (tertiary/aromatic N) is 1. The van der Waals surface area contributed by atoms with Crippen molar-refractivity contribution in [3.63, 3.8) is 0 Å². The minimum Gasteiger partial charge on any atom is -0.463 e. The minimum absolute atomic E-state index is 0.0353. The summed E-state index contributed by atoms with van der Waals surface area (Å²) >= 11 is 0. The quantitative estimate of drug-likeness (QED) is 0.727. The van der Waals surface area contributed by atoms with E-state index in [4.69, 9.17) is 4.74 Å². The number of carbonyl (C=O) groups is 3. The van der Waals surface area contributed by atoms with Crippen LogP contribution in [0.25, 0.3) is 0 Å². The number of esters is 1. The lowest BCUT2D eigenvalue weighted by Crippen LogP contribution is -2.44. The van der Waals surface area contributed by atoms with Crippen LogP contribution in [0.15, 0.2) is 35.5 Å². The van der Waals surface area contributed by atoms with Gasteiger partial charge in [0.15, 0.2) is 0 Å². The van der Waals surface area contributed by atoms with Crippen molar-refractivity contribution in [2.45, 2.75) is 40.0 Å². The molecule has 1 aliphatic rings. The maximum absolute atomic E-state index is 13.7. The molecule has 1 unspecified atom stereocenters. The number of rotatable bonds is 7. The second-order valence-corrected chi connectivity index (χ2v) is 7.21. The maximum Gasteiger partial charge on any atom is 0.336 e. The van der Waals surface area contributed by atoms with Crippen LogP contribution in [-0.2, 0) is 19.1 Å². The van der Waals surface area contributed by atoms with Gasteiger partial charge in [-0.1, -0.05) is 26.0 Å². The van der Waals surface area contributed by atoms with Crippen molar-refractivity contribution in [3.8, 4) is 0 Å². The molecule has 6 nitrogen and oxygen atoms in total. The maximum atomic E-state index is 13.7. The van der Waals surface area contributed by atoms with Crippen LogP contribution in [0.1, 0.15) is 45.6 Å². The first-order chi connectivity index (χ1) is 13.2. The number of benzene rings is 1. The van der Waals surface area contributed by atoms with E-state index in [2.05, 4.69) is 5.32 Å². The molecule has 1 atom stereocenters. The van der Waals surface area contributed by atoms with Crippen molar-refractivity contribution in [2.24, 2.45) is 5.92 Å². The molecule has 0 saturated carbocycles. The molecule has 7 heteroatoms. The van der Waals surface area contributed by atoms with E-state index in [0.29, 0.717) is 17.8 Å². The fourth-order valence-electron chi connectivity index (χ4n) is 3.20. The van der Waals surface area contributed by atoms with Gasteiger partial charge in [-0.05, 0) is 37.5 Å². The molecular formula is C21H27FN2O4. The predicted molar refractivity (Wildman–Crippen MR) is 103 cm³/mol. The highest BCUT2D eigenvalue weighted by molar-refractivity contribution is 5.97. The van der Waals surface area contributed by atoms with Crippen LogP contribution in [-0.4, -0.2) is 42.4 Å². The van der Waals surface area contributed by atoms with Crippen molar-refractivity contribution >= 4 is 17.8 Å². The molecule has 2 rings (SSSR count). The molecule has 0 saturated heterocycles. The topological polar surface area (TPSA) is 75.7 Å². The molecule has 0 aliphatic carbocycles. The summed E-state index contributed by atoms with van der Waals surface area (Å²) in [7, 11) is 0. The lowest BCUT2D eigenvalue weighted by Gasteiger charge is -2.34. The first-order valence-corrected chi connectivity index (χ1v) is 9.45. The largest absolute Gasteiger partial charge is 0.463 e. The summed E-state index contributed by atoms with van der Waals surface area (Å²) in [5, 5.41) is 2.77. The lowest BCUT2D eigenvalue weighted by atomic mass is 9.83. The van der Waals surface area contributed by atoms with Gasteiger partial charge in [0.25, 0.3) is 0 Å². The van der Waals surface area contributed by atoms with Crippen molar-refractivity contribution in [1.29, 1.82) is 0 Å². The van der Waals surface area contributed by atoms with Gasteiger partial charge in [0, 0.05) is 24.6 Å². The molecule has 0 bridgehead atoms. The third kappa shape index (κ3) is 5.18. The number of carbonyl (C=O) groups excluding carboxylic acids is 3. The van der Waals surface area contributed by atoms with Crippen LogP contribution in [0.5, 0.6) is 0 Å². The van der Waals surface area contributed by atoms with Gasteiger partial charge >= 0.3 is 5.97 Å². The second-order valence-electron chi connectivity index (χ2n) is 7.21. The van der Waals surface area contributed by atoms with Crippen LogP contribution in [0, 0.1) is 11.7 Å². The summed E-state index contributed by atoms with van der Waals surface area (Å²) in [6.45, 7) is 7.76. The molecule has 28 heavy (non-hydrogen) atoms. The summed E-state index contributed by atoms with van der Waals surface area (Å²) in [4.78, 5) is 38.9. The average molecular weight is 390 g/mol. The van der Waals surface area contributed by atoms with E-state index in [1.54, 1.807) is 26.0 Å². The van der Waals surface area contributed by atoms with Gasteiger partial charge in [-0.2, -0.15) is 0 Å². The molecule has 1 aliphatic heterocycles. The SMILES string of the molecule is CCOC(=O)C1=C(C)N(CC(=O)NCC(C)C)C(=O)CC1c1cccc(F)c1. The molecule has 1 N–H and O–H groups in total. The number of halogens is 1. The number of allylic oxidation sites excluding steroid dienone is 1. The summed E-state index contributed by atoms with van der Waals surface area (Å²) in [6, 6.07) is 5.84. The molecule has 1 aromatic carbocycles. The van der Waals surface area contributed by atoms with Crippen LogP contribution in [0.3, 0.4) is 0 Å². The zero-order valence-corrected chi connectivity index (χ0v) is 16.8. The molecule has 0 radical (unpaired) electrons. The molecule has 1 aromatic rings. The number of hydrogen-bond donors (Lipinski definition) is 1. The molecule has 0 spiro atoms. The van der Waals surface area contributed by atoms with Crippen LogP contribution in [0.4, 0.5) is 4.39 Å². The molecule has 0 fully saturated rings. The van der Waals surface area contributed by atoms with E-state index in [-0.39, 0.29) is 42.9 Å². The van der Waals surface area contributed by atoms with Crippen LogP contribution < -0.4 is 5.32 Å². The fourth-order valence-corrected chi connectivity index (χ4v) is 3.20. The monoisotopic (exact) mass is 390 g/mol. The Balaban J connectivity index is 2.38. The third-order valence-corrected chi connectivity index (χ3v) is 4.58. The minimum atomic E-state index is -0.614. The second kappa shape index (κ2) is 9.48. The predicted octanol–water partition coefficient (Wildman–Crippen LogP) is 2.75. The van der Waals surface area contributed by atoms with Crippen molar-refractivity contribution < 1.29 is 23.5 Å². The van der Waals surface area contributed by atoms with Crippen LogP contribution >= 0.6 is 0 Å². The van der Waals surface area contributed by atoms with E-state index in [1.165, 1.54) is 17.0 Å². The Morgan fingerprint density at radius 1 is 1.36 bits per heavy atom. The number of nitrogens with one attached hydrogen (secondary N) is 1. The first-order valence-electron chi connectivity index (χ1n) is 9.45. The zero-order valence-electron chi connectivity index (χ0n) is 16.8. The summed E-state index contributed by atoms with van der Waals surface area (Å²) in [6.07, 6.45) is -0.0353. The summed E-state index contributed by atoms with van der Waals surface area (Å²) in [5.74, 6) is -1.92. The van der Waals surface area contributed by atoms with Crippen molar-refractivity contribution in [2.75, 3.05) is 19.7 Å². The van der Waals surface area contributed by atoms with Gasteiger partial charge in [-0.15, -0.1) is 0 Å². The van der Waals surface area contributed by atoms with E-state index in [1.807, 2.05) is 13.8 Å². The summed E-state index contributed by atoms with van der Waals surface area (Å²) in [5.41, 5.74) is 1.17. The zero-order chi connectivity index (χ0) is 20.8. The van der Waals surface area contributed by atoms with Gasteiger partial charge < -0.3 is 15.0 Å². The van der Waals surface area contributed by atoms with E-state index in [0.717, 1.165) is 0 Å². The Bertz CT molecular complexity index is 788. The highest BCUT2D eigenvalue weighted by atomic mass is 19.1. The number of ether oxygens (including phenoxy) is 1. The average Bonchev–Trinajstić information content (AvgIpc) is 2.63. The van der Waals surface area contributed by atoms with E-state index in [9.17, 15) is 18.8 Å². The van der Waals surface area contributed by atoms with Gasteiger partial charge in [0.2, 0.25) is 11.8 Å². The Morgan fingerprint density at radius 2 is 2.07 bits per heavy atom. The summed E-state index contributed by atoms with van der Waals surface area (Å²) < 4.78 is 18.9. The fraction of sp³-hybridized carbons (Fsp3) is 0.476. The van der Waals surface area contributed by atoms with Gasteiger partial charge in [-0.3, -0.25) is 9.59 Å². The van der Waals surface area contributed by atoms with Crippen LogP contribution in [0.2, 0.25) is 0 Å². The van der Waals surface area contributed by atoms with Gasteiger partial charge in [-0.25, -0.2) is 9.18 Å². The first kappa shape index (κ1) is 21.6. The smallest absolute Gasteiger partial charge is 0.336 e. The molecule has 1 heterocycles. The Kier molecular flexibility index (Phi) is 7.31. The molecule has 152 valence electrons. The molecular weight excluding hydrogens is 363 g/mol. The van der Waals surface area contributed by atoms with E-state index >= 15 is 0 Å².